The molecule has 0 aromatic rings. The number of hydrogen-bond acceptors (Lipinski definition) is 2. The summed E-state index contributed by atoms with van der Waals surface area (Å²) in [4.78, 5) is 0. The molecule has 1 aliphatic heterocycles. The average Bonchev–Trinajstić information content (AvgIpc) is 2.64. The summed E-state index contributed by atoms with van der Waals surface area (Å²) in [6, 6.07) is 0. The Balaban J connectivity index is 1.67. The van der Waals surface area contributed by atoms with Gasteiger partial charge in [0.15, 0.2) is 0 Å². The van der Waals surface area contributed by atoms with Crippen molar-refractivity contribution in [1.29, 1.82) is 0 Å². The van der Waals surface area contributed by atoms with Gasteiger partial charge in [-0.15, -0.1) is 0 Å². The molecule has 2 fully saturated rings. The maximum Gasteiger partial charge on any atom is 0.0183 e. The second-order valence-corrected chi connectivity index (χ2v) is 4.90. The van der Waals surface area contributed by atoms with E-state index >= 15 is 0 Å². The summed E-state index contributed by atoms with van der Waals surface area (Å²) in [5, 5.41) is 6.83. The molecule has 0 radical (unpaired) electrons. The van der Waals surface area contributed by atoms with Crippen LogP contribution in [0.5, 0.6) is 0 Å². The monoisotopic (exact) mass is 180 g/mol. The third-order valence-electron chi connectivity index (χ3n) is 3.33. The summed E-state index contributed by atoms with van der Waals surface area (Å²) in [6.45, 7) is 9.14. The van der Waals surface area contributed by atoms with Crippen LogP contribution in [0.25, 0.3) is 0 Å². The molecule has 0 bridgehead atoms. The first kappa shape index (κ1) is 9.22. The van der Waals surface area contributed by atoms with Gasteiger partial charge >= 0.3 is 0 Å². The summed E-state index contributed by atoms with van der Waals surface area (Å²) >= 11 is 0. The van der Waals surface area contributed by atoms with Gasteiger partial charge in [0.2, 0.25) is 0 Å². The van der Waals surface area contributed by atoms with Crippen LogP contribution in [-0.2, 0) is 0 Å². The first-order valence-electron chi connectivity index (χ1n) is 5.29. The summed E-state index contributed by atoms with van der Waals surface area (Å²) in [5.41, 5.74) is 3.79. The van der Waals surface area contributed by atoms with Crippen molar-refractivity contribution in [3.8, 4) is 0 Å². The van der Waals surface area contributed by atoms with Crippen LogP contribution in [0.4, 0.5) is 0 Å². The Morgan fingerprint density at radius 3 is 2.62 bits per heavy atom. The minimum atomic E-state index is 0.642. The van der Waals surface area contributed by atoms with E-state index < -0.39 is 0 Å². The Hall–Kier alpha value is -0.340. The smallest absolute Gasteiger partial charge is 0.0183 e. The normalized spacial score (nSPS) is 24.0. The molecule has 0 spiro atoms. The summed E-state index contributed by atoms with van der Waals surface area (Å²) < 4.78 is 0. The Morgan fingerprint density at radius 1 is 1.46 bits per heavy atom. The molecule has 1 heterocycles. The van der Waals surface area contributed by atoms with E-state index in [1.165, 1.54) is 19.4 Å². The second kappa shape index (κ2) is 3.43. The van der Waals surface area contributed by atoms with E-state index in [2.05, 4.69) is 24.5 Å². The van der Waals surface area contributed by atoms with Gasteiger partial charge in [0.1, 0.15) is 0 Å². The zero-order valence-corrected chi connectivity index (χ0v) is 8.74. The van der Waals surface area contributed by atoms with E-state index in [0.29, 0.717) is 5.41 Å². The highest BCUT2D eigenvalue weighted by molar-refractivity contribution is 5.22. The van der Waals surface area contributed by atoms with E-state index in [-0.39, 0.29) is 0 Å². The lowest BCUT2D eigenvalue weighted by molar-refractivity contribution is 0.511. The van der Waals surface area contributed by atoms with E-state index in [9.17, 15) is 0 Å². The molecule has 74 valence electrons. The van der Waals surface area contributed by atoms with Gasteiger partial charge in [-0.05, 0) is 30.8 Å². The van der Waals surface area contributed by atoms with Crippen LogP contribution >= 0.6 is 0 Å². The zero-order valence-electron chi connectivity index (χ0n) is 8.74. The van der Waals surface area contributed by atoms with Gasteiger partial charge in [-0.3, -0.25) is 0 Å². The Kier molecular flexibility index (Phi) is 2.43. The number of rotatable bonds is 4. The van der Waals surface area contributed by atoms with Crippen molar-refractivity contribution in [2.45, 2.75) is 26.7 Å². The average molecular weight is 180 g/mol. The minimum absolute atomic E-state index is 0.642. The fourth-order valence-electron chi connectivity index (χ4n) is 1.62. The van der Waals surface area contributed by atoms with Gasteiger partial charge in [0.25, 0.3) is 0 Å². The molecule has 0 amide bonds. The predicted octanol–water partition coefficient (Wildman–Crippen LogP) is 1.30. The highest BCUT2D eigenvalue weighted by Gasteiger charge is 2.36. The van der Waals surface area contributed by atoms with Gasteiger partial charge in [0, 0.05) is 26.2 Å². The molecule has 0 atom stereocenters. The maximum atomic E-state index is 3.55. The Labute approximate surface area is 80.8 Å². The van der Waals surface area contributed by atoms with Crippen molar-refractivity contribution in [3.05, 3.63) is 11.1 Å². The lowest BCUT2D eigenvalue weighted by Gasteiger charge is -2.22. The minimum Gasteiger partial charge on any atom is -0.312 e. The lowest BCUT2D eigenvalue weighted by Crippen LogP contribution is -2.36. The van der Waals surface area contributed by atoms with Crippen molar-refractivity contribution < 1.29 is 0 Å². The van der Waals surface area contributed by atoms with Gasteiger partial charge in [-0.2, -0.15) is 0 Å². The van der Waals surface area contributed by atoms with E-state index in [1.807, 2.05) is 0 Å². The lowest BCUT2D eigenvalue weighted by atomic mass is 10.0. The standard InChI is InChI=1S/C11H20N2/c1-9(10-6-12-7-10)5-13-8-11(2)3-4-11/h12-13H,3-8H2,1-2H3. The molecule has 1 aliphatic carbocycles. The first-order chi connectivity index (χ1) is 6.20. The van der Waals surface area contributed by atoms with Gasteiger partial charge in [-0.1, -0.05) is 12.5 Å². The van der Waals surface area contributed by atoms with E-state index in [4.69, 9.17) is 0 Å². The van der Waals surface area contributed by atoms with Crippen molar-refractivity contribution >= 4 is 0 Å². The maximum absolute atomic E-state index is 3.55. The largest absolute Gasteiger partial charge is 0.312 e. The van der Waals surface area contributed by atoms with Crippen molar-refractivity contribution in [2.24, 2.45) is 5.41 Å². The fourth-order valence-corrected chi connectivity index (χ4v) is 1.62. The number of nitrogens with one attached hydrogen (secondary N) is 2. The van der Waals surface area contributed by atoms with Crippen LogP contribution in [0.2, 0.25) is 0 Å². The highest BCUT2D eigenvalue weighted by atomic mass is 14.9. The molecule has 2 N–H and O–H groups in total. The molecule has 2 heteroatoms. The van der Waals surface area contributed by atoms with Gasteiger partial charge < -0.3 is 10.6 Å². The Bertz CT molecular complexity index is 220. The van der Waals surface area contributed by atoms with Crippen LogP contribution in [0.15, 0.2) is 11.1 Å². The second-order valence-electron chi connectivity index (χ2n) is 4.90. The van der Waals surface area contributed by atoms with Crippen LogP contribution in [0.3, 0.4) is 0 Å². The molecule has 2 rings (SSSR count). The van der Waals surface area contributed by atoms with Crippen LogP contribution in [-0.4, -0.2) is 26.2 Å². The highest BCUT2D eigenvalue weighted by Crippen LogP contribution is 2.43. The molecule has 0 aromatic carbocycles. The quantitative estimate of drug-likeness (QED) is 0.637. The molecule has 1 saturated carbocycles. The van der Waals surface area contributed by atoms with Gasteiger partial charge in [0.05, 0.1) is 0 Å². The van der Waals surface area contributed by atoms with Crippen molar-refractivity contribution in [2.75, 3.05) is 26.2 Å². The van der Waals surface area contributed by atoms with Crippen LogP contribution in [0.1, 0.15) is 26.7 Å². The summed E-state index contributed by atoms with van der Waals surface area (Å²) in [5.74, 6) is 0. The third-order valence-corrected chi connectivity index (χ3v) is 3.33. The Morgan fingerprint density at radius 2 is 2.15 bits per heavy atom. The SMILES string of the molecule is CC(CNCC1(C)CC1)=C1CNC1. The topological polar surface area (TPSA) is 24.1 Å². The van der Waals surface area contributed by atoms with E-state index in [1.54, 1.807) is 11.1 Å². The molecule has 13 heavy (non-hydrogen) atoms. The summed E-state index contributed by atoms with van der Waals surface area (Å²) in [6.07, 6.45) is 2.83. The molecule has 2 nitrogen and oxygen atoms in total. The van der Waals surface area contributed by atoms with Crippen molar-refractivity contribution in [1.82, 2.24) is 10.6 Å². The van der Waals surface area contributed by atoms with Crippen LogP contribution in [0, 0.1) is 5.41 Å². The summed E-state index contributed by atoms with van der Waals surface area (Å²) in [7, 11) is 0. The molecule has 1 saturated heterocycles. The molecule has 2 aliphatic rings. The molecule has 0 unspecified atom stereocenters. The van der Waals surface area contributed by atoms with Crippen molar-refractivity contribution in [3.63, 3.8) is 0 Å². The van der Waals surface area contributed by atoms with E-state index in [0.717, 1.165) is 19.6 Å². The number of hydrogen-bond donors (Lipinski definition) is 2. The predicted molar refractivity (Wildman–Crippen MR) is 55.8 cm³/mol. The first-order valence-corrected chi connectivity index (χ1v) is 5.29. The molecular formula is C11H20N2. The molecule has 0 aromatic heterocycles. The van der Waals surface area contributed by atoms with Gasteiger partial charge in [-0.25, -0.2) is 0 Å². The van der Waals surface area contributed by atoms with Crippen LogP contribution < -0.4 is 10.6 Å². The zero-order chi connectivity index (χ0) is 9.31. The fraction of sp³-hybridized carbons (Fsp3) is 0.818. The third kappa shape index (κ3) is 2.32. The molecular weight excluding hydrogens is 160 g/mol.